The third kappa shape index (κ3) is 3.30. The van der Waals surface area contributed by atoms with Crippen molar-refractivity contribution < 1.29 is 19.4 Å². The SMILES string of the molecule is C=C(C)C(=O)OC(C)C(=O)CO. The lowest BCUT2D eigenvalue weighted by atomic mass is 10.2. The molecule has 0 saturated carbocycles. The standard InChI is InChI=1S/C8H12O4/c1-5(2)8(11)12-6(3)7(10)4-9/h6,9H,1,4H2,2-3H3. The number of hydrogen-bond donors (Lipinski definition) is 1. The van der Waals surface area contributed by atoms with Crippen molar-refractivity contribution in [3.63, 3.8) is 0 Å². The quantitative estimate of drug-likeness (QED) is 0.481. The molecule has 4 heteroatoms. The van der Waals surface area contributed by atoms with E-state index in [2.05, 4.69) is 11.3 Å². The summed E-state index contributed by atoms with van der Waals surface area (Å²) in [4.78, 5) is 21.5. The van der Waals surface area contributed by atoms with Crippen LogP contribution in [0, 0.1) is 0 Å². The normalized spacial score (nSPS) is 11.9. The van der Waals surface area contributed by atoms with Crippen LogP contribution >= 0.6 is 0 Å². The minimum atomic E-state index is -0.904. The van der Waals surface area contributed by atoms with E-state index in [1.165, 1.54) is 13.8 Å². The van der Waals surface area contributed by atoms with Crippen molar-refractivity contribution in [3.8, 4) is 0 Å². The van der Waals surface area contributed by atoms with Gasteiger partial charge in [-0.15, -0.1) is 0 Å². The van der Waals surface area contributed by atoms with Gasteiger partial charge in [0.15, 0.2) is 11.9 Å². The molecule has 1 unspecified atom stereocenters. The fraction of sp³-hybridized carbons (Fsp3) is 0.500. The van der Waals surface area contributed by atoms with Gasteiger partial charge in [0.1, 0.15) is 6.61 Å². The van der Waals surface area contributed by atoms with Crippen LogP contribution in [-0.2, 0) is 14.3 Å². The molecular formula is C8H12O4. The monoisotopic (exact) mass is 172 g/mol. The number of carbonyl (C=O) groups excluding carboxylic acids is 2. The smallest absolute Gasteiger partial charge is 0.333 e. The van der Waals surface area contributed by atoms with E-state index in [9.17, 15) is 9.59 Å². The molecular weight excluding hydrogens is 160 g/mol. The highest BCUT2D eigenvalue weighted by Gasteiger charge is 2.16. The number of aliphatic hydroxyl groups is 1. The Labute approximate surface area is 70.8 Å². The number of hydrogen-bond acceptors (Lipinski definition) is 4. The van der Waals surface area contributed by atoms with Crippen LogP contribution < -0.4 is 0 Å². The highest BCUT2D eigenvalue weighted by atomic mass is 16.5. The lowest BCUT2D eigenvalue weighted by molar-refractivity contribution is -0.151. The van der Waals surface area contributed by atoms with Gasteiger partial charge in [0.2, 0.25) is 0 Å². The Morgan fingerprint density at radius 1 is 1.58 bits per heavy atom. The summed E-state index contributed by atoms with van der Waals surface area (Å²) in [5.74, 6) is -1.14. The van der Waals surface area contributed by atoms with E-state index in [0.717, 1.165) is 0 Å². The second-order valence-electron chi connectivity index (χ2n) is 2.45. The molecule has 0 saturated heterocycles. The summed E-state index contributed by atoms with van der Waals surface area (Å²) in [7, 11) is 0. The van der Waals surface area contributed by atoms with Crippen LogP contribution in [0.25, 0.3) is 0 Å². The first-order chi connectivity index (χ1) is 5.49. The second kappa shape index (κ2) is 4.66. The van der Waals surface area contributed by atoms with Crippen molar-refractivity contribution in [1.29, 1.82) is 0 Å². The number of Topliss-reactive ketones (excluding diaryl/α,β-unsaturated/α-hetero) is 1. The van der Waals surface area contributed by atoms with Crippen LogP contribution in [-0.4, -0.2) is 29.6 Å². The molecule has 1 atom stereocenters. The topological polar surface area (TPSA) is 63.6 Å². The summed E-state index contributed by atoms with van der Waals surface area (Å²) in [6.45, 7) is 5.61. The highest BCUT2D eigenvalue weighted by Crippen LogP contribution is 1.98. The zero-order valence-corrected chi connectivity index (χ0v) is 7.16. The number of aliphatic hydroxyl groups excluding tert-OH is 1. The minimum Gasteiger partial charge on any atom is -0.451 e. The van der Waals surface area contributed by atoms with Crippen molar-refractivity contribution in [1.82, 2.24) is 0 Å². The van der Waals surface area contributed by atoms with Gasteiger partial charge in [-0.3, -0.25) is 4.79 Å². The lowest BCUT2D eigenvalue weighted by Crippen LogP contribution is -2.26. The zero-order chi connectivity index (χ0) is 9.72. The van der Waals surface area contributed by atoms with Gasteiger partial charge in [0.05, 0.1) is 0 Å². The van der Waals surface area contributed by atoms with Gasteiger partial charge >= 0.3 is 5.97 Å². The Bertz CT molecular complexity index is 207. The van der Waals surface area contributed by atoms with Crippen LogP contribution in [0.4, 0.5) is 0 Å². The van der Waals surface area contributed by atoms with Gasteiger partial charge < -0.3 is 9.84 Å². The van der Waals surface area contributed by atoms with Gasteiger partial charge in [0, 0.05) is 5.57 Å². The maximum absolute atomic E-state index is 10.8. The van der Waals surface area contributed by atoms with Gasteiger partial charge in [-0.1, -0.05) is 6.58 Å². The number of esters is 1. The predicted molar refractivity (Wildman–Crippen MR) is 42.5 cm³/mol. The lowest BCUT2D eigenvalue weighted by Gasteiger charge is -2.09. The van der Waals surface area contributed by atoms with Crippen molar-refractivity contribution in [2.45, 2.75) is 20.0 Å². The van der Waals surface area contributed by atoms with Crippen LogP contribution in [0.3, 0.4) is 0 Å². The van der Waals surface area contributed by atoms with Crippen molar-refractivity contribution in [2.75, 3.05) is 6.61 Å². The van der Waals surface area contributed by atoms with Crippen molar-refractivity contribution >= 4 is 11.8 Å². The molecule has 0 fully saturated rings. The number of carbonyl (C=O) groups is 2. The fourth-order valence-corrected chi connectivity index (χ4v) is 0.455. The Morgan fingerprint density at radius 3 is 2.42 bits per heavy atom. The molecule has 0 radical (unpaired) electrons. The first-order valence-corrected chi connectivity index (χ1v) is 3.49. The second-order valence-corrected chi connectivity index (χ2v) is 2.45. The minimum absolute atomic E-state index is 0.229. The zero-order valence-electron chi connectivity index (χ0n) is 7.16. The summed E-state index contributed by atoms with van der Waals surface area (Å²) in [6.07, 6.45) is -0.904. The predicted octanol–water partition coefficient (Wildman–Crippen LogP) is 0.0556. The number of rotatable bonds is 4. The molecule has 0 heterocycles. The largest absolute Gasteiger partial charge is 0.451 e. The molecule has 0 aliphatic heterocycles. The van der Waals surface area contributed by atoms with E-state index in [-0.39, 0.29) is 5.57 Å². The maximum atomic E-state index is 10.8. The molecule has 0 aromatic heterocycles. The summed E-state index contributed by atoms with van der Waals surface area (Å²) >= 11 is 0. The molecule has 0 aliphatic rings. The fourth-order valence-electron chi connectivity index (χ4n) is 0.455. The molecule has 0 amide bonds. The molecule has 12 heavy (non-hydrogen) atoms. The molecule has 1 N–H and O–H groups in total. The van der Waals surface area contributed by atoms with Gasteiger partial charge in [-0.2, -0.15) is 0 Å². The van der Waals surface area contributed by atoms with E-state index in [1.807, 2.05) is 0 Å². The average Bonchev–Trinajstić information content (AvgIpc) is 2.02. The van der Waals surface area contributed by atoms with Gasteiger partial charge in [0.25, 0.3) is 0 Å². The Hall–Kier alpha value is -1.16. The third-order valence-electron chi connectivity index (χ3n) is 1.24. The summed E-state index contributed by atoms with van der Waals surface area (Å²) in [5.41, 5.74) is 0.229. The first kappa shape index (κ1) is 10.8. The van der Waals surface area contributed by atoms with Crippen molar-refractivity contribution in [3.05, 3.63) is 12.2 Å². The third-order valence-corrected chi connectivity index (χ3v) is 1.24. The van der Waals surface area contributed by atoms with Crippen LogP contribution in [0.15, 0.2) is 12.2 Å². The Morgan fingerprint density at radius 2 is 2.08 bits per heavy atom. The van der Waals surface area contributed by atoms with Crippen LogP contribution in [0.2, 0.25) is 0 Å². The average molecular weight is 172 g/mol. The molecule has 0 spiro atoms. The van der Waals surface area contributed by atoms with E-state index in [4.69, 9.17) is 5.11 Å². The van der Waals surface area contributed by atoms with E-state index in [0.29, 0.717) is 0 Å². The molecule has 0 aromatic carbocycles. The highest BCUT2D eigenvalue weighted by molar-refractivity contribution is 5.91. The van der Waals surface area contributed by atoms with E-state index in [1.54, 1.807) is 0 Å². The number of ketones is 1. The van der Waals surface area contributed by atoms with Crippen LogP contribution in [0.5, 0.6) is 0 Å². The van der Waals surface area contributed by atoms with Gasteiger partial charge in [-0.25, -0.2) is 4.79 Å². The maximum Gasteiger partial charge on any atom is 0.333 e. The summed E-state index contributed by atoms with van der Waals surface area (Å²) in [6, 6.07) is 0. The van der Waals surface area contributed by atoms with E-state index >= 15 is 0 Å². The van der Waals surface area contributed by atoms with Crippen LogP contribution in [0.1, 0.15) is 13.8 Å². The first-order valence-electron chi connectivity index (χ1n) is 3.49. The van der Waals surface area contributed by atoms with Gasteiger partial charge in [-0.05, 0) is 13.8 Å². The summed E-state index contributed by atoms with van der Waals surface area (Å²) in [5, 5.41) is 8.39. The molecule has 68 valence electrons. The molecule has 0 aliphatic carbocycles. The molecule has 0 aromatic rings. The molecule has 0 bridgehead atoms. The molecule has 4 nitrogen and oxygen atoms in total. The molecule has 0 rings (SSSR count). The Kier molecular flexibility index (Phi) is 4.21. The Balaban J connectivity index is 4.01. The van der Waals surface area contributed by atoms with Crippen molar-refractivity contribution in [2.24, 2.45) is 0 Å². The summed E-state index contributed by atoms with van der Waals surface area (Å²) < 4.78 is 4.62. The number of ether oxygens (including phenoxy) is 1. The van der Waals surface area contributed by atoms with E-state index < -0.39 is 24.5 Å².